The molecule has 37 heavy (non-hydrogen) atoms. The van der Waals surface area contributed by atoms with Gasteiger partial charge in [-0.05, 0) is 55.2 Å². The molecule has 1 saturated carbocycles. The van der Waals surface area contributed by atoms with E-state index in [1.807, 2.05) is 6.92 Å². The van der Waals surface area contributed by atoms with Crippen molar-refractivity contribution in [3.8, 4) is 11.4 Å². The first kappa shape index (κ1) is 24.9. The Morgan fingerprint density at radius 3 is 2.46 bits per heavy atom. The molecule has 2 unspecified atom stereocenters. The number of hydrogen-bond donors (Lipinski definition) is 0. The quantitative estimate of drug-likeness (QED) is 0.382. The number of nitrogens with zero attached hydrogens (tertiary/aromatic N) is 3. The Balaban J connectivity index is 1.83. The lowest BCUT2D eigenvalue weighted by molar-refractivity contribution is 0.413. The van der Waals surface area contributed by atoms with Gasteiger partial charge in [0.1, 0.15) is 17.2 Å². The molecule has 4 aromatic rings. The molecule has 1 aliphatic rings. The summed E-state index contributed by atoms with van der Waals surface area (Å²) < 4.78 is 64.9. The molecule has 1 aliphatic carbocycles. The van der Waals surface area contributed by atoms with Gasteiger partial charge in [-0.25, -0.2) is 26.6 Å². The molecule has 0 amide bonds. The van der Waals surface area contributed by atoms with Crippen molar-refractivity contribution >= 4 is 21.2 Å². The maximum atomic E-state index is 15.3. The standard InChI is InChI=1S/C26H25F2N3O5S/c1-5-15-9-10-20(19(28)11-15)30-24-22(23(36-4)14(2)25(32)29(24)3)31(26(30)33)37(34,35)21-13-18(21)16-7-6-8-17(27)12-16/h6-12,18,21H,5,13H2,1-4H3. The molecular formula is C26H25F2N3O5S. The maximum Gasteiger partial charge on any atom is 0.349 e. The summed E-state index contributed by atoms with van der Waals surface area (Å²) in [6.07, 6.45) is 0.731. The molecule has 8 nitrogen and oxygen atoms in total. The topological polar surface area (TPSA) is 92.3 Å². The molecule has 2 heterocycles. The lowest BCUT2D eigenvalue weighted by Gasteiger charge is -2.13. The highest BCUT2D eigenvalue weighted by Gasteiger charge is 2.51. The summed E-state index contributed by atoms with van der Waals surface area (Å²) in [5.41, 5.74) is -0.768. The van der Waals surface area contributed by atoms with Crippen LogP contribution in [0.5, 0.6) is 5.75 Å². The maximum absolute atomic E-state index is 15.3. The second-order valence-corrected chi connectivity index (χ2v) is 11.2. The minimum absolute atomic E-state index is 0.0916. The third kappa shape index (κ3) is 3.71. The van der Waals surface area contributed by atoms with Crippen LogP contribution >= 0.6 is 0 Å². The van der Waals surface area contributed by atoms with E-state index in [1.54, 1.807) is 12.1 Å². The number of fused-ring (bicyclic) bond motifs is 1. The summed E-state index contributed by atoms with van der Waals surface area (Å²) in [6.45, 7) is 3.31. The number of hydrogen-bond acceptors (Lipinski definition) is 5. The van der Waals surface area contributed by atoms with E-state index in [4.69, 9.17) is 4.74 Å². The predicted molar refractivity (Wildman–Crippen MR) is 135 cm³/mol. The summed E-state index contributed by atoms with van der Waals surface area (Å²) in [6, 6.07) is 9.95. The van der Waals surface area contributed by atoms with Gasteiger partial charge in [-0.3, -0.25) is 9.36 Å². The van der Waals surface area contributed by atoms with Gasteiger partial charge >= 0.3 is 5.69 Å². The monoisotopic (exact) mass is 529 g/mol. The molecule has 0 bridgehead atoms. The van der Waals surface area contributed by atoms with E-state index in [1.165, 1.54) is 51.4 Å². The van der Waals surface area contributed by atoms with Crippen LogP contribution in [0.1, 0.15) is 36.0 Å². The molecule has 2 aromatic carbocycles. The number of pyridine rings is 1. The third-order valence-corrected chi connectivity index (χ3v) is 9.14. The Labute approximate surface area is 211 Å². The van der Waals surface area contributed by atoms with Gasteiger partial charge in [0.05, 0.1) is 23.6 Å². The molecule has 2 atom stereocenters. The van der Waals surface area contributed by atoms with E-state index in [9.17, 15) is 22.4 Å². The molecule has 2 aromatic heterocycles. The number of benzene rings is 2. The van der Waals surface area contributed by atoms with Gasteiger partial charge < -0.3 is 4.74 Å². The molecule has 0 saturated heterocycles. The lowest BCUT2D eigenvalue weighted by Crippen LogP contribution is -2.32. The SMILES string of the molecule is CCc1ccc(-n2c(=O)n(S(=O)(=O)C3CC3c3cccc(F)c3)c3c(OC)c(C)c(=O)n(C)c32)c(F)c1. The first-order valence-electron chi connectivity index (χ1n) is 11.7. The van der Waals surface area contributed by atoms with Crippen LogP contribution in [0.4, 0.5) is 8.78 Å². The number of imidazole rings is 1. The summed E-state index contributed by atoms with van der Waals surface area (Å²) in [5.74, 6) is -1.85. The highest BCUT2D eigenvalue weighted by Crippen LogP contribution is 2.47. The Morgan fingerprint density at radius 2 is 1.84 bits per heavy atom. The molecule has 0 N–H and O–H groups in total. The number of methoxy groups -OCH3 is 1. The molecular weight excluding hydrogens is 504 g/mol. The van der Waals surface area contributed by atoms with Crippen LogP contribution in [-0.4, -0.2) is 33.9 Å². The Kier molecular flexibility index (Phi) is 5.86. The van der Waals surface area contributed by atoms with Crippen LogP contribution in [0, 0.1) is 18.6 Å². The van der Waals surface area contributed by atoms with Crippen molar-refractivity contribution in [3.05, 3.63) is 91.6 Å². The van der Waals surface area contributed by atoms with Crippen molar-refractivity contribution in [1.29, 1.82) is 0 Å². The zero-order valence-corrected chi connectivity index (χ0v) is 21.5. The number of ether oxygens (including phenoxy) is 1. The fraction of sp³-hybridized carbons (Fsp3) is 0.308. The Hall–Kier alpha value is -3.73. The summed E-state index contributed by atoms with van der Waals surface area (Å²) >= 11 is 0. The van der Waals surface area contributed by atoms with Gasteiger partial charge in [-0.15, -0.1) is 0 Å². The largest absolute Gasteiger partial charge is 0.494 e. The molecule has 11 heteroatoms. The fourth-order valence-corrected chi connectivity index (χ4v) is 6.99. The average molecular weight is 530 g/mol. The van der Waals surface area contributed by atoms with Gasteiger partial charge in [-0.2, -0.15) is 3.97 Å². The minimum atomic E-state index is -4.38. The molecule has 0 aliphatic heterocycles. The minimum Gasteiger partial charge on any atom is -0.494 e. The van der Waals surface area contributed by atoms with Gasteiger partial charge in [0.15, 0.2) is 11.4 Å². The van der Waals surface area contributed by atoms with E-state index in [0.29, 0.717) is 21.5 Å². The number of aryl methyl sites for hydroxylation is 2. The van der Waals surface area contributed by atoms with E-state index in [2.05, 4.69) is 0 Å². The Morgan fingerprint density at radius 1 is 1.11 bits per heavy atom. The number of halogens is 2. The smallest absolute Gasteiger partial charge is 0.349 e. The third-order valence-electron chi connectivity index (χ3n) is 7.00. The molecule has 0 radical (unpaired) electrons. The highest BCUT2D eigenvalue weighted by molar-refractivity contribution is 7.91. The van der Waals surface area contributed by atoms with Crippen molar-refractivity contribution in [1.82, 2.24) is 13.1 Å². The normalized spacial score (nSPS) is 17.4. The molecule has 5 rings (SSSR count). The van der Waals surface area contributed by atoms with Crippen LogP contribution in [0.3, 0.4) is 0 Å². The van der Waals surface area contributed by atoms with E-state index >= 15 is 4.39 Å². The number of aromatic nitrogens is 3. The second kappa shape index (κ2) is 8.69. The first-order valence-corrected chi connectivity index (χ1v) is 13.2. The van der Waals surface area contributed by atoms with E-state index in [-0.39, 0.29) is 34.6 Å². The number of rotatable bonds is 6. The van der Waals surface area contributed by atoms with Gasteiger partial charge in [0, 0.05) is 13.0 Å². The highest BCUT2D eigenvalue weighted by atomic mass is 32.2. The van der Waals surface area contributed by atoms with Crippen molar-refractivity contribution in [2.24, 2.45) is 7.05 Å². The Bertz CT molecular complexity index is 1800. The zero-order valence-electron chi connectivity index (χ0n) is 20.7. The summed E-state index contributed by atoms with van der Waals surface area (Å²) in [7, 11) is -1.73. The molecule has 194 valence electrons. The summed E-state index contributed by atoms with van der Waals surface area (Å²) in [4.78, 5) is 26.9. The van der Waals surface area contributed by atoms with Crippen molar-refractivity contribution in [2.45, 2.75) is 37.9 Å². The van der Waals surface area contributed by atoms with Crippen LogP contribution in [0.15, 0.2) is 52.1 Å². The van der Waals surface area contributed by atoms with Crippen molar-refractivity contribution < 1.29 is 21.9 Å². The second-order valence-electron chi connectivity index (χ2n) is 9.20. The van der Waals surface area contributed by atoms with Gasteiger partial charge in [0.2, 0.25) is 10.0 Å². The van der Waals surface area contributed by atoms with Gasteiger partial charge in [-0.1, -0.05) is 25.1 Å². The van der Waals surface area contributed by atoms with E-state index in [0.717, 1.165) is 9.13 Å². The molecule has 1 fully saturated rings. The summed E-state index contributed by atoms with van der Waals surface area (Å²) in [5, 5.41) is -1.01. The van der Waals surface area contributed by atoms with Crippen molar-refractivity contribution in [3.63, 3.8) is 0 Å². The van der Waals surface area contributed by atoms with Crippen LogP contribution in [-0.2, 0) is 23.5 Å². The van der Waals surface area contributed by atoms with E-state index < -0.39 is 44.1 Å². The first-order chi connectivity index (χ1) is 17.5. The molecule has 0 spiro atoms. The van der Waals surface area contributed by atoms with Gasteiger partial charge in [0.25, 0.3) is 5.56 Å². The zero-order chi connectivity index (χ0) is 26.8. The average Bonchev–Trinajstić information content (AvgIpc) is 3.62. The fourth-order valence-electron chi connectivity index (χ4n) is 4.98. The lowest BCUT2D eigenvalue weighted by atomic mass is 10.1. The van der Waals surface area contributed by atoms with Crippen LogP contribution in [0.2, 0.25) is 0 Å². The van der Waals surface area contributed by atoms with Crippen LogP contribution in [0.25, 0.3) is 16.9 Å². The predicted octanol–water partition coefficient (Wildman–Crippen LogP) is 3.38. The van der Waals surface area contributed by atoms with Crippen molar-refractivity contribution in [2.75, 3.05) is 7.11 Å². The van der Waals surface area contributed by atoms with Crippen LogP contribution < -0.4 is 16.0 Å².